The summed E-state index contributed by atoms with van der Waals surface area (Å²) in [7, 11) is 0. The first-order valence-electron chi connectivity index (χ1n) is 5.71. The number of rotatable bonds is 3. The minimum Gasteiger partial charge on any atom is -0.264 e. The highest BCUT2D eigenvalue weighted by Crippen LogP contribution is 2.23. The number of pyridine rings is 1. The number of aromatic nitrogens is 1. The van der Waals surface area contributed by atoms with Crippen molar-refractivity contribution in [1.82, 2.24) is 4.98 Å². The Morgan fingerprint density at radius 1 is 1.13 bits per heavy atom. The van der Waals surface area contributed by atoms with Gasteiger partial charge >= 0.3 is 0 Å². The lowest BCUT2D eigenvalue weighted by atomic mass is 9.96. The average Bonchev–Trinajstić information content (AvgIpc) is 2.29. The van der Waals surface area contributed by atoms with E-state index in [0.29, 0.717) is 0 Å². The van der Waals surface area contributed by atoms with Crippen molar-refractivity contribution in [2.45, 2.75) is 33.1 Å². The molecule has 1 aromatic carbocycles. The number of hydrogen-bond donors (Lipinski definition) is 0. The zero-order valence-electron chi connectivity index (χ0n) is 9.46. The van der Waals surface area contributed by atoms with Gasteiger partial charge in [0, 0.05) is 17.8 Å². The summed E-state index contributed by atoms with van der Waals surface area (Å²) in [6.07, 6.45) is 7.33. The van der Waals surface area contributed by atoms with E-state index in [2.05, 4.69) is 37.0 Å². The lowest BCUT2D eigenvalue weighted by Gasteiger charge is -2.10. The smallest absolute Gasteiger partial charge is 0.0349 e. The molecule has 0 aliphatic carbocycles. The highest BCUT2D eigenvalue weighted by molar-refractivity contribution is 5.85. The van der Waals surface area contributed by atoms with Gasteiger partial charge < -0.3 is 0 Å². The minimum atomic E-state index is 1.10. The summed E-state index contributed by atoms with van der Waals surface area (Å²) in [5.41, 5.74) is 2.96. The molecule has 0 atom stereocenters. The van der Waals surface area contributed by atoms with E-state index in [1.165, 1.54) is 34.7 Å². The highest BCUT2D eigenvalue weighted by Gasteiger charge is 2.04. The molecule has 1 heterocycles. The van der Waals surface area contributed by atoms with Crippen LogP contribution in [-0.2, 0) is 12.8 Å². The van der Waals surface area contributed by atoms with Crippen molar-refractivity contribution >= 4 is 10.8 Å². The van der Waals surface area contributed by atoms with Gasteiger partial charge in [-0.3, -0.25) is 4.98 Å². The maximum Gasteiger partial charge on any atom is 0.0349 e. The molecule has 0 fully saturated rings. The molecule has 1 aromatic heterocycles. The highest BCUT2D eigenvalue weighted by atomic mass is 14.6. The Kier molecular flexibility index (Phi) is 3.00. The van der Waals surface area contributed by atoms with Crippen LogP contribution in [0.2, 0.25) is 0 Å². The zero-order chi connectivity index (χ0) is 10.7. The molecule has 1 nitrogen and oxygen atoms in total. The number of fused-ring (bicyclic) bond motifs is 1. The summed E-state index contributed by atoms with van der Waals surface area (Å²) < 4.78 is 0. The molecule has 1 heteroatoms. The van der Waals surface area contributed by atoms with Gasteiger partial charge in [-0.25, -0.2) is 0 Å². The first-order valence-corrected chi connectivity index (χ1v) is 5.71. The van der Waals surface area contributed by atoms with Crippen molar-refractivity contribution < 1.29 is 0 Å². The quantitative estimate of drug-likeness (QED) is 0.733. The molecule has 0 N–H and O–H groups in total. The molecule has 15 heavy (non-hydrogen) atoms. The SMILES string of the molecule is CCCc1ccc2ccncc2c1CC. The van der Waals surface area contributed by atoms with E-state index in [0.717, 1.165) is 6.42 Å². The molecule has 0 unspecified atom stereocenters. The predicted octanol–water partition coefficient (Wildman–Crippen LogP) is 3.75. The lowest BCUT2D eigenvalue weighted by molar-refractivity contribution is 0.903. The van der Waals surface area contributed by atoms with Crippen LogP contribution in [0.4, 0.5) is 0 Å². The van der Waals surface area contributed by atoms with E-state index in [-0.39, 0.29) is 0 Å². The Morgan fingerprint density at radius 3 is 2.73 bits per heavy atom. The van der Waals surface area contributed by atoms with Crippen molar-refractivity contribution in [3.8, 4) is 0 Å². The number of hydrogen-bond acceptors (Lipinski definition) is 1. The van der Waals surface area contributed by atoms with Crippen LogP contribution in [0.3, 0.4) is 0 Å². The Labute approximate surface area is 91.2 Å². The van der Waals surface area contributed by atoms with Gasteiger partial charge in [0.05, 0.1) is 0 Å². The van der Waals surface area contributed by atoms with Crippen molar-refractivity contribution in [2.75, 3.05) is 0 Å². The molecule has 0 saturated heterocycles. The maximum atomic E-state index is 4.22. The summed E-state index contributed by atoms with van der Waals surface area (Å²) in [4.78, 5) is 4.22. The van der Waals surface area contributed by atoms with E-state index < -0.39 is 0 Å². The van der Waals surface area contributed by atoms with Crippen LogP contribution in [0.1, 0.15) is 31.4 Å². The molecule has 0 spiro atoms. The molecule has 2 aromatic rings. The largest absolute Gasteiger partial charge is 0.264 e. The van der Waals surface area contributed by atoms with Gasteiger partial charge in [-0.2, -0.15) is 0 Å². The van der Waals surface area contributed by atoms with Gasteiger partial charge in [0.2, 0.25) is 0 Å². The van der Waals surface area contributed by atoms with E-state index in [9.17, 15) is 0 Å². The van der Waals surface area contributed by atoms with Crippen molar-refractivity contribution in [3.63, 3.8) is 0 Å². The summed E-state index contributed by atoms with van der Waals surface area (Å²) in [5, 5.41) is 2.63. The van der Waals surface area contributed by atoms with Crippen molar-refractivity contribution in [1.29, 1.82) is 0 Å². The number of nitrogens with zero attached hydrogens (tertiary/aromatic N) is 1. The van der Waals surface area contributed by atoms with Gasteiger partial charge in [0.15, 0.2) is 0 Å². The van der Waals surface area contributed by atoms with Gasteiger partial charge in [-0.05, 0) is 35.4 Å². The maximum absolute atomic E-state index is 4.22. The zero-order valence-corrected chi connectivity index (χ0v) is 9.46. The second-order valence-electron chi connectivity index (χ2n) is 3.90. The van der Waals surface area contributed by atoms with Crippen LogP contribution in [0.5, 0.6) is 0 Å². The monoisotopic (exact) mass is 199 g/mol. The number of benzene rings is 1. The summed E-state index contributed by atoms with van der Waals surface area (Å²) in [5.74, 6) is 0. The molecule has 0 bridgehead atoms. The third-order valence-corrected chi connectivity index (χ3v) is 2.90. The van der Waals surface area contributed by atoms with Crippen LogP contribution in [0, 0.1) is 0 Å². The third kappa shape index (κ3) is 1.87. The Bertz CT molecular complexity index is 460. The topological polar surface area (TPSA) is 12.9 Å². The summed E-state index contributed by atoms with van der Waals surface area (Å²) in [6.45, 7) is 4.45. The first kappa shape index (κ1) is 10.2. The molecule has 0 radical (unpaired) electrons. The Morgan fingerprint density at radius 2 is 2.00 bits per heavy atom. The molecule has 2 rings (SSSR count). The standard InChI is InChI=1S/C14H17N/c1-3-5-11-6-7-12-8-9-15-10-14(12)13(11)4-2/h6-10H,3-5H2,1-2H3. The van der Waals surface area contributed by atoms with E-state index in [1.54, 1.807) is 0 Å². The molecule has 0 amide bonds. The molecule has 0 aliphatic heterocycles. The predicted molar refractivity (Wildman–Crippen MR) is 65.1 cm³/mol. The fourth-order valence-electron chi connectivity index (χ4n) is 2.19. The van der Waals surface area contributed by atoms with Crippen LogP contribution < -0.4 is 0 Å². The lowest BCUT2D eigenvalue weighted by Crippen LogP contribution is -1.94. The van der Waals surface area contributed by atoms with Crippen LogP contribution in [0.15, 0.2) is 30.6 Å². The van der Waals surface area contributed by atoms with Crippen LogP contribution >= 0.6 is 0 Å². The van der Waals surface area contributed by atoms with Gasteiger partial charge in [0.25, 0.3) is 0 Å². The van der Waals surface area contributed by atoms with Gasteiger partial charge in [-0.15, -0.1) is 0 Å². The van der Waals surface area contributed by atoms with E-state index in [1.807, 2.05) is 12.4 Å². The van der Waals surface area contributed by atoms with Crippen LogP contribution in [-0.4, -0.2) is 4.98 Å². The first-order chi connectivity index (χ1) is 7.36. The number of aryl methyl sites for hydroxylation is 2. The van der Waals surface area contributed by atoms with Crippen LogP contribution in [0.25, 0.3) is 10.8 Å². The fraction of sp³-hybridized carbons (Fsp3) is 0.357. The van der Waals surface area contributed by atoms with E-state index >= 15 is 0 Å². The molecular formula is C14H17N. The Hall–Kier alpha value is -1.37. The normalized spacial score (nSPS) is 10.8. The van der Waals surface area contributed by atoms with Crippen molar-refractivity contribution in [2.24, 2.45) is 0 Å². The molecule has 78 valence electrons. The minimum absolute atomic E-state index is 1.10. The average molecular weight is 199 g/mol. The summed E-state index contributed by atoms with van der Waals surface area (Å²) >= 11 is 0. The van der Waals surface area contributed by atoms with Gasteiger partial charge in [0.1, 0.15) is 0 Å². The third-order valence-electron chi connectivity index (χ3n) is 2.90. The second-order valence-corrected chi connectivity index (χ2v) is 3.90. The summed E-state index contributed by atoms with van der Waals surface area (Å²) in [6, 6.07) is 6.57. The Balaban J connectivity index is 2.64. The molecule has 0 aliphatic rings. The van der Waals surface area contributed by atoms with E-state index in [4.69, 9.17) is 0 Å². The fourth-order valence-corrected chi connectivity index (χ4v) is 2.19. The van der Waals surface area contributed by atoms with Gasteiger partial charge in [-0.1, -0.05) is 32.4 Å². The second kappa shape index (κ2) is 4.43. The van der Waals surface area contributed by atoms with Crippen molar-refractivity contribution in [3.05, 3.63) is 41.7 Å². The molecule has 0 saturated carbocycles. The molecular weight excluding hydrogens is 182 g/mol.